The first-order valence-electron chi connectivity index (χ1n) is 8.55. The first-order valence-corrected chi connectivity index (χ1v) is 8.55. The first-order chi connectivity index (χ1) is 12.2. The van der Waals surface area contributed by atoms with Gasteiger partial charge in [-0.15, -0.1) is 0 Å². The van der Waals surface area contributed by atoms with E-state index in [0.29, 0.717) is 12.0 Å². The zero-order chi connectivity index (χ0) is 18.8. The molecule has 3 heterocycles. The third-order valence-corrected chi connectivity index (χ3v) is 5.44. The third kappa shape index (κ3) is 2.58. The Morgan fingerprint density at radius 2 is 2.04 bits per heavy atom. The Balaban J connectivity index is 1.74. The van der Waals surface area contributed by atoms with Crippen LogP contribution in [0.25, 0.3) is 0 Å². The maximum absolute atomic E-state index is 12.2. The van der Waals surface area contributed by atoms with Gasteiger partial charge in [0.15, 0.2) is 0 Å². The lowest BCUT2D eigenvalue weighted by Crippen LogP contribution is -2.39. The summed E-state index contributed by atoms with van der Waals surface area (Å²) in [6.07, 6.45) is 0.167. The maximum atomic E-state index is 12.2. The average molecular weight is 360 g/mol. The Morgan fingerprint density at radius 1 is 1.31 bits per heavy atom. The number of esters is 3. The minimum Gasteiger partial charge on any atom is -0.458 e. The molecule has 2 saturated heterocycles. The molecule has 3 aliphatic heterocycles. The smallest absolute Gasteiger partial charge is 0.334 e. The number of epoxide rings is 1. The van der Waals surface area contributed by atoms with Crippen LogP contribution in [0.3, 0.4) is 0 Å². The summed E-state index contributed by atoms with van der Waals surface area (Å²) in [5.74, 6) is -2.17. The van der Waals surface area contributed by atoms with E-state index in [2.05, 4.69) is 13.2 Å². The highest BCUT2D eigenvalue weighted by Gasteiger charge is 2.65. The standard InChI is InChI=1S/C19H20O7/c1-8(2)16(20)24-12-6-10-5-11(23-18(10)22)7-19(4)15(26-19)14-13(12)9(3)17(21)25-14/h5,11-15H,1,3,6-7H2,2,4H3/t11-,12-,13+,14-,15?,19?/m0/s1. The molecular formula is C19H20O7. The van der Waals surface area contributed by atoms with Crippen LogP contribution >= 0.6 is 0 Å². The van der Waals surface area contributed by atoms with Crippen molar-refractivity contribution < 1.29 is 33.3 Å². The molecule has 7 nitrogen and oxygen atoms in total. The summed E-state index contributed by atoms with van der Waals surface area (Å²) in [5, 5.41) is 0. The van der Waals surface area contributed by atoms with Crippen molar-refractivity contribution in [3.05, 3.63) is 36.0 Å². The second-order valence-corrected chi connectivity index (χ2v) is 7.54. The highest BCUT2D eigenvalue weighted by Crippen LogP contribution is 2.51. The van der Waals surface area contributed by atoms with Crippen molar-refractivity contribution in [1.82, 2.24) is 0 Å². The fourth-order valence-electron chi connectivity index (χ4n) is 4.02. The lowest BCUT2D eigenvalue weighted by Gasteiger charge is -2.27. The van der Waals surface area contributed by atoms with Crippen LogP contribution in [0.1, 0.15) is 26.7 Å². The molecule has 6 atom stereocenters. The van der Waals surface area contributed by atoms with E-state index in [1.54, 1.807) is 6.08 Å². The van der Waals surface area contributed by atoms with Crippen LogP contribution in [-0.4, -0.2) is 47.9 Å². The van der Waals surface area contributed by atoms with Gasteiger partial charge < -0.3 is 18.9 Å². The Bertz CT molecular complexity index is 779. The van der Waals surface area contributed by atoms with Gasteiger partial charge in [-0.1, -0.05) is 13.2 Å². The molecule has 0 aromatic carbocycles. The van der Waals surface area contributed by atoms with E-state index >= 15 is 0 Å². The fraction of sp³-hybridized carbons (Fsp3) is 0.526. The Morgan fingerprint density at radius 3 is 2.73 bits per heavy atom. The molecule has 0 amide bonds. The van der Waals surface area contributed by atoms with Crippen LogP contribution in [0.5, 0.6) is 0 Å². The molecule has 26 heavy (non-hydrogen) atoms. The van der Waals surface area contributed by atoms with Crippen LogP contribution in [0.4, 0.5) is 0 Å². The summed E-state index contributed by atoms with van der Waals surface area (Å²) in [4.78, 5) is 36.5. The zero-order valence-corrected chi connectivity index (χ0v) is 14.7. The molecule has 2 bridgehead atoms. The van der Waals surface area contributed by atoms with Crippen LogP contribution < -0.4 is 0 Å². The number of carbonyl (C=O) groups excluding carboxylic acids is 3. The minimum absolute atomic E-state index is 0.120. The lowest BCUT2D eigenvalue weighted by atomic mass is 9.82. The van der Waals surface area contributed by atoms with Crippen LogP contribution in [-0.2, 0) is 33.3 Å². The molecular weight excluding hydrogens is 340 g/mol. The summed E-state index contributed by atoms with van der Waals surface area (Å²) in [7, 11) is 0. The minimum atomic E-state index is -0.799. The van der Waals surface area contributed by atoms with Gasteiger partial charge in [-0.2, -0.15) is 0 Å². The van der Waals surface area contributed by atoms with Gasteiger partial charge in [0.1, 0.15) is 24.4 Å². The van der Waals surface area contributed by atoms with Crippen LogP contribution in [0, 0.1) is 5.92 Å². The van der Waals surface area contributed by atoms with Crippen molar-refractivity contribution in [3.8, 4) is 0 Å². The van der Waals surface area contributed by atoms with Crippen LogP contribution in [0.2, 0.25) is 0 Å². The number of ether oxygens (including phenoxy) is 4. The third-order valence-electron chi connectivity index (χ3n) is 5.44. The predicted molar refractivity (Wildman–Crippen MR) is 87.7 cm³/mol. The van der Waals surface area contributed by atoms with E-state index in [-0.39, 0.29) is 23.7 Å². The lowest BCUT2D eigenvalue weighted by molar-refractivity contribution is -0.149. The number of fused-ring (bicyclic) bond motifs is 4. The van der Waals surface area contributed by atoms with Gasteiger partial charge >= 0.3 is 17.9 Å². The van der Waals surface area contributed by atoms with Gasteiger partial charge in [-0.05, 0) is 19.9 Å². The molecule has 0 radical (unpaired) electrons. The van der Waals surface area contributed by atoms with Crippen molar-refractivity contribution in [2.75, 3.05) is 0 Å². The van der Waals surface area contributed by atoms with Crippen molar-refractivity contribution in [3.63, 3.8) is 0 Å². The predicted octanol–water partition coefficient (Wildman–Crippen LogP) is 1.38. The highest BCUT2D eigenvalue weighted by atomic mass is 16.7. The van der Waals surface area contributed by atoms with E-state index in [9.17, 15) is 14.4 Å². The van der Waals surface area contributed by atoms with Crippen molar-refractivity contribution in [1.29, 1.82) is 0 Å². The van der Waals surface area contributed by atoms with Gasteiger partial charge in [-0.3, -0.25) is 0 Å². The molecule has 7 heteroatoms. The van der Waals surface area contributed by atoms with E-state index in [1.165, 1.54) is 6.92 Å². The van der Waals surface area contributed by atoms with Crippen molar-refractivity contribution in [2.45, 2.75) is 56.7 Å². The summed E-state index contributed by atoms with van der Waals surface area (Å²) in [6, 6.07) is 0. The second kappa shape index (κ2) is 5.54. The first kappa shape index (κ1) is 17.0. The fourth-order valence-corrected chi connectivity index (χ4v) is 4.02. The Kier molecular flexibility index (Phi) is 3.63. The Hall–Kier alpha value is -2.41. The number of hydrogen-bond donors (Lipinski definition) is 0. The molecule has 138 valence electrons. The van der Waals surface area contributed by atoms with Gasteiger partial charge in [0.2, 0.25) is 0 Å². The maximum Gasteiger partial charge on any atom is 0.334 e. The number of hydrogen-bond acceptors (Lipinski definition) is 7. The monoisotopic (exact) mass is 360 g/mol. The summed E-state index contributed by atoms with van der Waals surface area (Å²) in [5.41, 5.74) is 0.285. The normalized spacial score (nSPS) is 40.6. The van der Waals surface area contributed by atoms with E-state index in [0.717, 1.165) is 0 Å². The number of rotatable bonds is 2. The number of carbonyl (C=O) groups is 3. The van der Waals surface area contributed by atoms with Crippen molar-refractivity contribution >= 4 is 17.9 Å². The van der Waals surface area contributed by atoms with Gasteiger partial charge in [0.25, 0.3) is 0 Å². The quantitative estimate of drug-likeness (QED) is 0.318. The van der Waals surface area contributed by atoms with E-state index < -0.39 is 47.7 Å². The van der Waals surface area contributed by atoms with E-state index in [1.807, 2.05) is 6.92 Å². The molecule has 0 aromatic rings. The summed E-state index contributed by atoms with van der Waals surface area (Å²) in [6.45, 7) is 10.8. The average Bonchev–Trinajstić information content (AvgIpc) is 2.96. The molecule has 2 unspecified atom stereocenters. The van der Waals surface area contributed by atoms with Gasteiger partial charge in [-0.25, -0.2) is 14.4 Å². The molecule has 0 spiro atoms. The van der Waals surface area contributed by atoms with Gasteiger partial charge in [0, 0.05) is 29.6 Å². The molecule has 4 rings (SSSR count). The summed E-state index contributed by atoms with van der Waals surface area (Å²) < 4.78 is 22.3. The molecule has 0 aromatic heterocycles. The largest absolute Gasteiger partial charge is 0.458 e. The molecule has 1 aliphatic carbocycles. The van der Waals surface area contributed by atoms with Gasteiger partial charge in [0.05, 0.1) is 11.5 Å². The highest BCUT2D eigenvalue weighted by molar-refractivity contribution is 5.93. The topological polar surface area (TPSA) is 91.4 Å². The molecule has 2 fully saturated rings. The molecule has 0 saturated carbocycles. The summed E-state index contributed by atoms with van der Waals surface area (Å²) >= 11 is 0. The molecule has 4 aliphatic rings. The van der Waals surface area contributed by atoms with Crippen molar-refractivity contribution in [2.24, 2.45) is 5.92 Å². The SMILES string of the molecule is C=C(C)C(=O)O[C@H]1CC2=C[C@@H](CC3(C)OC3[C@H]3OC(=O)C(=C)[C@H]13)OC2=O. The second-order valence-electron chi connectivity index (χ2n) is 7.54. The van der Waals surface area contributed by atoms with E-state index in [4.69, 9.17) is 18.9 Å². The zero-order valence-electron chi connectivity index (χ0n) is 14.7. The van der Waals surface area contributed by atoms with Crippen LogP contribution in [0.15, 0.2) is 36.0 Å². The Labute approximate surface area is 150 Å². The molecule has 0 N–H and O–H groups in total.